The van der Waals surface area contributed by atoms with Gasteiger partial charge in [0, 0.05) is 18.8 Å². The van der Waals surface area contributed by atoms with Gasteiger partial charge in [0.25, 0.3) is 11.8 Å². The molecule has 0 aromatic heterocycles. The summed E-state index contributed by atoms with van der Waals surface area (Å²) < 4.78 is 5.11. The molecular weight excluding hydrogens is 308 g/mol. The molecule has 1 atom stereocenters. The Kier molecular flexibility index (Phi) is 6.74. The van der Waals surface area contributed by atoms with E-state index in [0.717, 1.165) is 4.90 Å². The zero-order valence-corrected chi connectivity index (χ0v) is 14.8. The van der Waals surface area contributed by atoms with Gasteiger partial charge >= 0.3 is 0 Å². The van der Waals surface area contributed by atoms with Gasteiger partial charge in [-0.05, 0) is 26.0 Å². The molecule has 0 aliphatic rings. The summed E-state index contributed by atoms with van der Waals surface area (Å²) in [7, 11) is 4.91. The normalized spacial score (nSPS) is 12.0. The number of amides is 2. The van der Waals surface area contributed by atoms with E-state index in [2.05, 4.69) is 11.4 Å². The van der Waals surface area contributed by atoms with Crippen LogP contribution in [0.1, 0.15) is 13.8 Å². The van der Waals surface area contributed by atoms with Gasteiger partial charge in [0.2, 0.25) is 0 Å². The first kappa shape index (κ1) is 19.5. The Hall–Kier alpha value is -2.59. The number of likely N-dealkylation sites (N-methyl/N-ethyl adjacent to an activating group) is 2. The Labute approximate surface area is 142 Å². The molecule has 0 saturated carbocycles. The number of nitrogens with zero attached hydrogens (tertiary/aromatic N) is 2. The summed E-state index contributed by atoms with van der Waals surface area (Å²) in [5.41, 5.74) is -0.235. The van der Waals surface area contributed by atoms with Gasteiger partial charge in [-0.25, -0.2) is 0 Å². The predicted octanol–water partition coefficient (Wildman–Crippen LogP) is -0.0910. The molecule has 0 heterocycles. The summed E-state index contributed by atoms with van der Waals surface area (Å²) in [5, 5.41) is 11.8. The minimum Gasteiger partial charge on any atom is -0.497 e. The second-order valence-electron chi connectivity index (χ2n) is 6.21. The molecule has 0 spiro atoms. The fourth-order valence-corrected chi connectivity index (χ4v) is 2.01. The molecule has 0 bridgehead atoms. The summed E-state index contributed by atoms with van der Waals surface area (Å²) >= 11 is 0. The van der Waals surface area contributed by atoms with E-state index in [4.69, 9.17) is 10.00 Å². The Morgan fingerprint density at radius 2 is 2.04 bits per heavy atom. The van der Waals surface area contributed by atoms with Crippen LogP contribution in [-0.2, 0) is 9.59 Å². The molecule has 0 saturated heterocycles. The van der Waals surface area contributed by atoms with E-state index < -0.39 is 5.54 Å². The van der Waals surface area contributed by atoms with Gasteiger partial charge in [0.05, 0.1) is 20.2 Å². The number of carbonyl (C=O) groups is 2. The van der Waals surface area contributed by atoms with Crippen LogP contribution in [0, 0.1) is 11.3 Å². The van der Waals surface area contributed by atoms with Crippen molar-refractivity contribution in [3.63, 3.8) is 0 Å². The van der Waals surface area contributed by atoms with Gasteiger partial charge < -0.3 is 19.9 Å². The van der Waals surface area contributed by atoms with Crippen LogP contribution in [-0.4, -0.2) is 56.5 Å². The molecule has 1 rings (SSSR count). The van der Waals surface area contributed by atoms with E-state index in [0.29, 0.717) is 11.4 Å². The van der Waals surface area contributed by atoms with Crippen molar-refractivity contribution in [2.45, 2.75) is 19.4 Å². The smallest absolute Gasteiger partial charge is 0.279 e. The van der Waals surface area contributed by atoms with Gasteiger partial charge in [0.15, 0.2) is 13.1 Å². The zero-order valence-electron chi connectivity index (χ0n) is 14.8. The van der Waals surface area contributed by atoms with E-state index in [-0.39, 0.29) is 24.9 Å². The Bertz CT molecular complexity index is 637. The van der Waals surface area contributed by atoms with Crippen molar-refractivity contribution >= 4 is 17.5 Å². The van der Waals surface area contributed by atoms with Crippen molar-refractivity contribution in [2.24, 2.45) is 0 Å². The number of methoxy groups -OCH3 is 1. The van der Waals surface area contributed by atoms with Crippen LogP contribution in [0.2, 0.25) is 0 Å². The summed E-state index contributed by atoms with van der Waals surface area (Å²) in [5.74, 6) is 0.271. The van der Waals surface area contributed by atoms with Crippen molar-refractivity contribution in [3.05, 3.63) is 24.3 Å². The summed E-state index contributed by atoms with van der Waals surface area (Å²) in [6, 6.07) is 9.15. The molecule has 7 nitrogen and oxygen atoms in total. The fourth-order valence-electron chi connectivity index (χ4n) is 2.01. The number of benzene rings is 1. The van der Waals surface area contributed by atoms with Crippen LogP contribution in [0.25, 0.3) is 0 Å². The standard InChI is InChI=1S/C17H24N4O3/c1-17(2,12-18)21(4)16(23)11-20(3)10-15(22)19-13-7-6-8-14(9-13)24-5/h6-9H,10-11H2,1-5H3,(H,19,22)/p+1. The summed E-state index contributed by atoms with van der Waals surface area (Å²) in [6.07, 6.45) is 0. The topological polar surface area (TPSA) is 86.9 Å². The molecule has 0 aliphatic heterocycles. The summed E-state index contributed by atoms with van der Waals surface area (Å²) in [6.45, 7) is 3.63. The third kappa shape index (κ3) is 5.56. The number of rotatable bonds is 7. The molecule has 130 valence electrons. The number of anilines is 1. The largest absolute Gasteiger partial charge is 0.497 e. The van der Waals surface area contributed by atoms with Crippen LogP contribution in [0.15, 0.2) is 24.3 Å². The molecule has 2 N–H and O–H groups in total. The van der Waals surface area contributed by atoms with Crippen LogP contribution in [0.4, 0.5) is 5.69 Å². The molecule has 7 heteroatoms. The molecule has 1 aromatic rings. The highest BCUT2D eigenvalue weighted by Crippen LogP contribution is 2.16. The van der Waals surface area contributed by atoms with Crippen LogP contribution < -0.4 is 15.0 Å². The number of ether oxygens (including phenoxy) is 1. The number of hydrogen-bond acceptors (Lipinski definition) is 4. The predicted molar refractivity (Wildman–Crippen MR) is 90.7 cm³/mol. The second kappa shape index (κ2) is 8.31. The molecule has 1 aromatic carbocycles. The van der Waals surface area contributed by atoms with Crippen molar-refractivity contribution < 1.29 is 19.2 Å². The first-order valence-corrected chi connectivity index (χ1v) is 7.62. The molecular formula is C17H25N4O3+. The Morgan fingerprint density at radius 3 is 2.62 bits per heavy atom. The molecule has 0 aliphatic carbocycles. The average molecular weight is 333 g/mol. The van der Waals surface area contributed by atoms with E-state index in [9.17, 15) is 9.59 Å². The Morgan fingerprint density at radius 1 is 1.38 bits per heavy atom. The number of quaternary nitrogens is 1. The van der Waals surface area contributed by atoms with Gasteiger partial charge in [-0.1, -0.05) is 6.07 Å². The molecule has 1 unspecified atom stereocenters. The zero-order chi connectivity index (χ0) is 18.3. The first-order chi connectivity index (χ1) is 11.2. The lowest BCUT2D eigenvalue weighted by atomic mass is 10.1. The number of nitrogens with one attached hydrogen (secondary N) is 2. The number of carbonyl (C=O) groups excluding carboxylic acids is 2. The second-order valence-corrected chi connectivity index (χ2v) is 6.21. The highest BCUT2D eigenvalue weighted by atomic mass is 16.5. The highest BCUT2D eigenvalue weighted by Gasteiger charge is 2.29. The number of nitriles is 1. The third-order valence-corrected chi connectivity index (χ3v) is 3.76. The third-order valence-electron chi connectivity index (χ3n) is 3.76. The maximum Gasteiger partial charge on any atom is 0.279 e. The van der Waals surface area contributed by atoms with Crippen LogP contribution in [0.5, 0.6) is 5.75 Å². The van der Waals surface area contributed by atoms with Gasteiger partial charge in [0.1, 0.15) is 11.3 Å². The van der Waals surface area contributed by atoms with Gasteiger partial charge in [-0.2, -0.15) is 5.26 Å². The van der Waals surface area contributed by atoms with Gasteiger partial charge in [-0.15, -0.1) is 0 Å². The quantitative estimate of drug-likeness (QED) is 0.730. The SMILES string of the molecule is COc1cccc(NC(=O)C[NH+](C)CC(=O)N(C)C(C)(C)C#N)c1. The lowest BCUT2D eigenvalue weighted by Crippen LogP contribution is -3.11. The molecule has 24 heavy (non-hydrogen) atoms. The van der Waals surface area contributed by atoms with Crippen molar-refractivity contribution in [3.8, 4) is 11.8 Å². The van der Waals surface area contributed by atoms with E-state index >= 15 is 0 Å². The van der Waals surface area contributed by atoms with Crippen molar-refractivity contribution in [2.75, 3.05) is 39.6 Å². The molecule has 0 radical (unpaired) electrons. The highest BCUT2D eigenvalue weighted by molar-refractivity contribution is 5.91. The van der Waals surface area contributed by atoms with E-state index in [1.807, 2.05) is 0 Å². The fraction of sp³-hybridized carbons (Fsp3) is 0.471. The van der Waals surface area contributed by atoms with Crippen molar-refractivity contribution in [1.82, 2.24) is 4.90 Å². The lowest BCUT2D eigenvalue weighted by molar-refractivity contribution is -0.862. The minimum atomic E-state index is -0.875. The Balaban J connectivity index is 2.55. The maximum absolute atomic E-state index is 12.2. The lowest BCUT2D eigenvalue weighted by Gasteiger charge is -2.29. The molecule has 0 fully saturated rings. The first-order valence-electron chi connectivity index (χ1n) is 7.62. The van der Waals surface area contributed by atoms with Crippen LogP contribution in [0.3, 0.4) is 0 Å². The van der Waals surface area contributed by atoms with E-state index in [1.165, 1.54) is 4.90 Å². The minimum absolute atomic E-state index is 0.132. The number of hydrogen-bond donors (Lipinski definition) is 2. The van der Waals surface area contributed by atoms with Gasteiger partial charge in [-0.3, -0.25) is 9.59 Å². The van der Waals surface area contributed by atoms with Crippen LogP contribution >= 0.6 is 0 Å². The van der Waals surface area contributed by atoms with Crippen molar-refractivity contribution in [1.29, 1.82) is 5.26 Å². The average Bonchev–Trinajstić information content (AvgIpc) is 2.53. The van der Waals surface area contributed by atoms with E-state index in [1.54, 1.807) is 59.3 Å². The molecule has 2 amide bonds. The summed E-state index contributed by atoms with van der Waals surface area (Å²) in [4.78, 5) is 26.4. The monoisotopic (exact) mass is 333 g/mol. The maximum atomic E-state index is 12.2.